The standard InChI is InChI=1S/C10H16O4/c11-6-10-7(12)5-9-8(14-10)3-1-2-4-13-9/h1-2,7-12H,3-6H2/t7-,8-,9+,10+/m0/s1. The Labute approximate surface area is 83.1 Å². The van der Waals surface area contributed by atoms with Crippen molar-refractivity contribution < 1.29 is 19.7 Å². The fraction of sp³-hybridized carbons (Fsp3) is 0.800. The molecule has 1 fully saturated rings. The van der Waals surface area contributed by atoms with Crippen LogP contribution < -0.4 is 0 Å². The Morgan fingerprint density at radius 3 is 2.93 bits per heavy atom. The van der Waals surface area contributed by atoms with Crippen LogP contribution in [0.15, 0.2) is 12.2 Å². The lowest BCUT2D eigenvalue weighted by molar-refractivity contribution is -0.187. The summed E-state index contributed by atoms with van der Waals surface area (Å²) in [7, 11) is 0. The second kappa shape index (κ2) is 4.40. The van der Waals surface area contributed by atoms with Crippen molar-refractivity contribution in [1.82, 2.24) is 0 Å². The van der Waals surface area contributed by atoms with Crippen LogP contribution in [0.25, 0.3) is 0 Å². The highest BCUT2D eigenvalue weighted by Gasteiger charge is 2.37. The highest BCUT2D eigenvalue weighted by Crippen LogP contribution is 2.26. The molecular formula is C10H16O4. The third kappa shape index (κ3) is 1.98. The lowest BCUT2D eigenvalue weighted by atomic mass is 9.97. The molecule has 0 amide bonds. The van der Waals surface area contributed by atoms with E-state index < -0.39 is 12.2 Å². The highest BCUT2D eigenvalue weighted by atomic mass is 16.6. The predicted octanol–water partition coefficient (Wildman–Crippen LogP) is -0.158. The molecule has 14 heavy (non-hydrogen) atoms. The molecule has 4 heteroatoms. The maximum Gasteiger partial charge on any atom is 0.107 e. The molecule has 4 nitrogen and oxygen atoms in total. The molecule has 1 saturated heterocycles. The van der Waals surface area contributed by atoms with Gasteiger partial charge in [-0.05, 0) is 6.42 Å². The van der Waals surface area contributed by atoms with E-state index in [2.05, 4.69) is 0 Å². The maximum atomic E-state index is 9.61. The molecule has 80 valence electrons. The van der Waals surface area contributed by atoms with E-state index in [1.807, 2.05) is 12.2 Å². The molecule has 0 spiro atoms. The average molecular weight is 200 g/mol. The van der Waals surface area contributed by atoms with Gasteiger partial charge in [-0.1, -0.05) is 12.2 Å². The Morgan fingerprint density at radius 2 is 2.14 bits per heavy atom. The Kier molecular flexibility index (Phi) is 3.18. The molecule has 2 heterocycles. The normalized spacial score (nSPS) is 43.0. The first-order valence-corrected chi connectivity index (χ1v) is 5.02. The SMILES string of the molecule is OC[C@H]1O[C@H]2CC=CCO[C@@H]2C[C@@H]1O. The van der Waals surface area contributed by atoms with Gasteiger partial charge in [-0.3, -0.25) is 0 Å². The predicted molar refractivity (Wildman–Crippen MR) is 49.9 cm³/mol. The van der Waals surface area contributed by atoms with Gasteiger partial charge in [-0.25, -0.2) is 0 Å². The fourth-order valence-corrected chi connectivity index (χ4v) is 1.97. The zero-order chi connectivity index (χ0) is 9.97. The summed E-state index contributed by atoms with van der Waals surface area (Å²) in [5.41, 5.74) is 0. The zero-order valence-corrected chi connectivity index (χ0v) is 8.00. The Bertz CT molecular complexity index is 216. The van der Waals surface area contributed by atoms with E-state index in [0.29, 0.717) is 13.0 Å². The summed E-state index contributed by atoms with van der Waals surface area (Å²) in [4.78, 5) is 0. The van der Waals surface area contributed by atoms with Crippen molar-refractivity contribution >= 4 is 0 Å². The van der Waals surface area contributed by atoms with Crippen LogP contribution in [0, 0.1) is 0 Å². The van der Waals surface area contributed by atoms with Crippen molar-refractivity contribution in [1.29, 1.82) is 0 Å². The smallest absolute Gasteiger partial charge is 0.107 e. The van der Waals surface area contributed by atoms with Crippen LogP contribution in [0.4, 0.5) is 0 Å². The molecule has 2 rings (SSSR count). The van der Waals surface area contributed by atoms with Crippen molar-refractivity contribution in [2.45, 2.75) is 37.3 Å². The summed E-state index contributed by atoms with van der Waals surface area (Å²) >= 11 is 0. The largest absolute Gasteiger partial charge is 0.394 e. The minimum atomic E-state index is -0.612. The highest BCUT2D eigenvalue weighted by molar-refractivity contribution is 4.95. The second-order valence-electron chi connectivity index (χ2n) is 3.78. The molecular weight excluding hydrogens is 184 g/mol. The number of aliphatic hydroxyl groups is 2. The first kappa shape index (κ1) is 10.1. The Morgan fingerprint density at radius 1 is 1.29 bits per heavy atom. The van der Waals surface area contributed by atoms with Crippen LogP contribution in [0.5, 0.6) is 0 Å². The van der Waals surface area contributed by atoms with E-state index >= 15 is 0 Å². The van der Waals surface area contributed by atoms with Crippen LogP contribution in [0.2, 0.25) is 0 Å². The van der Waals surface area contributed by atoms with E-state index in [0.717, 1.165) is 6.42 Å². The van der Waals surface area contributed by atoms with E-state index in [4.69, 9.17) is 14.6 Å². The summed E-state index contributed by atoms with van der Waals surface area (Å²) in [5.74, 6) is 0. The van der Waals surface area contributed by atoms with Crippen LogP contribution in [-0.2, 0) is 9.47 Å². The van der Waals surface area contributed by atoms with Crippen molar-refractivity contribution in [3.63, 3.8) is 0 Å². The summed E-state index contributed by atoms with van der Waals surface area (Å²) in [6.07, 6.45) is 4.22. The molecule has 0 aromatic carbocycles. The quantitative estimate of drug-likeness (QED) is 0.578. The topological polar surface area (TPSA) is 58.9 Å². The van der Waals surface area contributed by atoms with Gasteiger partial charge in [-0.15, -0.1) is 0 Å². The van der Waals surface area contributed by atoms with E-state index in [-0.39, 0.29) is 18.8 Å². The van der Waals surface area contributed by atoms with Crippen LogP contribution in [0.3, 0.4) is 0 Å². The molecule has 0 unspecified atom stereocenters. The monoisotopic (exact) mass is 200 g/mol. The number of fused-ring (bicyclic) bond motifs is 1. The van der Waals surface area contributed by atoms with Crippen LogP contribution in [-0.4, -0.2) is 47.8 Å². The first-order chi connectivity index (χ1) is 6.81. The van der Waals surface area contributed by atoms with Gasteiger partial charge in [0.1, 0.15) is 6.10 Å². The van der Waals surface area contributed by atoms with Gasteiger partial charge in [-0.2, -0.15) is 0 Å². The Balaban J connectivity index is 2.01. The molecule has 2 N–H and O–H groups in total. The number of rotatable bonds is 1. The summed E-state index contributed by atoms with van der Waals surface area (Å²) in [6.45, 7) is 0.454. The van der Waals surface area contributed by atoms with Crippen molar-refractivity contribution in [2.75, 3.05) is 13.2 Å². The minimum Gasteiger partial charge on any atom is -0.394 e. The molecule has 2 aliphatic heterocycles. The van der Waals surface area contributed by atoms with Crippen molar-refractivity contribution in [3.8, 4) is 0 Å². The molecule has 0 aromatic rings. The third-order valence-electron chi connectivity index (χ3n) is 2.79. The third-order valence-corrected chi connectivity index (χ3v) is 2.79. The van der Waals surface area contributed by atoms with Crippen molar-refractivity contribution in [2.24, 2.45) is 0 Å². The maximum absolute atomic E-state index is 9.61. The van der Waals surface area contributed by atoms with Crippen LogP contribution >= 0.6 is 0 Å². The minimum absolute atomic E-state index is 0.0192. The molecule has 0 bridgehead atoms. The lowest BCUT2D eigenvalue weighted by Crippen LogP contribution is -2.49. The second-order valence-corrected chi connectivity index (χ2v) is 3.78. The summed E-state index contributed by atoms with van der Waals surface area (Å²) < 4.78 is 11.1. The van der Waals surface area contributed by atoms with Gasteiger partial charge in [0.2, 0.25) is 0 Å². The van der Waals surface area contributed by atoms with Crippen LogP contribution in [0.1, 0.15) is 12.8 Å². The number of ether oxygens (including phenoxy) is 2. The van der Waals surface area contributed by atoms with Gasteiger partial charge in [0.15, 0.2) is 0 Å². The molecule has 0 aliphatic carbocycles. The Hall–Kier alpha value is -0.420. The van der Waals surface area contributed by atoms with E-state index in [1.54, 1.807) is 0 Å². The van der Waals surface area contributed by atoms with Gasteiger partial charge >= 0.3 is 0 Å². The zero-order valence-electron chi connectivity index (χ0n) is 8.00. The fourth-order valence-electron chi connectivity index (χ4n) is 1.97. The van der Waals surface area contributed by atoms with Gasteiger partial charge < -0.3 is 19.7 Å². The first-order valence-electron chi connectivity index (χ1n) is 5.02. The summed E-state index contributed by atoms with van der Waals surface area (Å²) in [6, 6.07) is 0. The van der Waals surface area contributed by atoms with Gasteiger partial charge in [0, 0.05) is 6.42 Å². The summed E-state index contributed by atoms with van der Waals surface area (Å²) in [5, 5.41) is 18.6. The average Bonchev–Trinajstić information content (AvgIpc) is 2.41. The molecule has 2 aliphatic rings. The molecule has 0 radical (unpaired) electrons. The van der Waals surface area contributed by atoms with E-state index in [1.165, 1.54) is 0 Å². The van der Waals surface area contributed by atoms with E-state index in [9.17, 15) is 5.11 Å². The van der Waals surface area contributed by atoms with Gasteiger partial charge in [0.25, 0.3) is 0 Å². The lowest BCUT2D eigenvalue weighted by Gasteiger charge is -2.37. The number of hydrogen-bond donors (Lipinski definition) is 2. The molecule has 4 atom stereocenters. The van der Waals surface area contributed by atoms with Gasteiger partial charge in [0.05, 0.1) is 31.5 Å². The number of hydrogen-bond acceptors (Lipinski definition) is 4. The molecule has 0 aromatic heterocycles. The van der Waals surface area contributed by atoms with Crippen molar-refractivity contribution in [3.05, 3.63) is 12.2 Å². The molecule has 0 saturated carbocycles. The number of aliphatic hydroxyl groups excluding tert-OH is 2.